The molecule has 140 valence electrons. The fourth-order valence-electron chi connectivity index (χ4n) is 4.43. The minimum absolute atomic E-state index is 0.126. The van der Waals surface area contributed by atoms with Crippen LogP contribution in [0.1, 0.15) is 28.0 Å². The Morgan fingerprint density at radius 1 is 1.04 bits per heavy atom. The van der Waals surface area contributed by atoms with Crippen LogP contribution in [0.4, 0.5) is 0 Å². The molecular formula is C24H23N3O. The van der Waals surface area contributed by atoms with Crippen molar-refractivity contribution >= 4 is 27.7 Å². The van der Waals surface area contributed by atoms with Gasteiger partial charge in [-0.1, -0.05) is 48.5 Å². The van der Waals surface area contributed by atoms with E-state index in [0.717, 1.165) is 54.5 Å². The lowest BCUT2D eigenvalue weighted by Crippen LogP contribution is -2.28. The monoisotopic (exact) mass is 369 g/mol. The summed E-state index contributed by atoms with van der Waals surface area (Å²) in [5.41, 5.74) is 5.40. The van der Waals surface area contributed by atoms with Crippen molar-refractivity contribution in [1.82, 2.24) is 14.5 Å². The third kappa shape index (κ3) is 2.68. The highest BCUT2D eigenvalue weighted by Gasteiger charge is 2.28. The zero-order valence-corrected chi connectivity index (χ0v) is 16.1. The maximum Gasteiger partial charge on any atom is 0.270 e. The number of benzene rings is 2. The lowest BCUT2D eigenvalue weighted by Gasteiger charge is -2.17. The van der Waals surface area contributed by atoms with Gasteiger partial charge >= 0.3 is 0 Å². The number of nitrogens with zero attached hydrogens (tertiary/aromatic N) is 3. The minimum atomic E-state index is 0.126. The second-order valence-electron chi connectivity index (χ2n) is 7.58. The molecule has 0 unspecified atom stereocenters. The fourth-order valence-corrected chi connectivity index (χ4v) is 4.43. The maximum atomic E-state index is 13.3. The van der Waals surface area contributed by atoms with Crippen molar-refractivity contribution in [3.8, 4) is 0 Å². The van der Waals surface area contributed by atoms with Crippen LogP contribution in [-0.4, -0.2) is 34.0 Å². The summed E-state index contributed by atoms with van der Waals surface area (Å²) in [6, 6.07) is 18.8. The molecule has 0 spiro atoms. The van der Waals surface area contributed by atoms with Crippen molar-refractivity contribution < 1.29 is 4.79 Å². The summed E-state index contributed by atoms with van der Waals surface area (Å²) >= 11 is 0. The number of aryl methyl sites for hydroxylation is 3. The Hall–Kier alpha value is -3.14. The van der Waals surface area contributed by atoms with Gasteiger partial charge in [-0.25, -0.2) is 0 Å². The van der Waals surface area contributed by atoms with Crippen molar-refractivity contribution in [1.29, 1.82) is 0 Å². The standard InChI is InChI=1S/C24H23N3O/c1-26-15-6-10-19-20-12-11-18-9-5-14-25-21(18)22(20)27(23(19)24(26)28)16-13-17-7-3-2-4-8-17/h2-5,7-9,11-12,14H,6,10,13,15-16H2,1H3. The number of carbonyl (C=O) groups is 1. The van der Waals surface area contributed by atoms with Gasteiger partial charge in [-0.3, -0.25) is 9.78 Å². The van der Waals surface area contributed by atoms with E-state index in [2.05, 4.69) is 47.0 Å². The molecular weight excluding hydrogens is 346 g/mol. The molecule has 1 amide bonds. The number of amides is 1. The predicted molar refractivity (Wildman–Crippen MR) is 113 cm³/mol. The van der Waals surface area contributed by atoms with Crippen LogP contribution < -0.4 is 0 Å². The predicted octanol–water partition coefficient (Wildman–Crippen LogP) is 4.45. The molecule has 1 aliphatic rings. The van der Waals surface area contributed by atoms with Crippen LogP contribution in [0.3, 0.4) is 0 Å². The quantitative estimate of drug-likeness (QED) is 0.535. The highest BCUT2D eigenvalue weighted by Crippen LogP contribution is 2.34. The van der Waals surface area contributed by atoms with Crippen molar-refractivity contribution in [3.05, 3.63) is 77.6 Å². The Morgan fingerprint density at radius 3 is 2.75 bits per heavy atom. The Kier molecular flexibility index (Phi) is 4.12. The molecule has 28 heavy (non-hydrogen) atoms. The van der Waals surface area contributed by atoms with Gasteiger partial charge in [-0.2, -0.15) is 0 Å². The molecule has 0 N–H and O–H groups in total. The summed E-state index contributed by atoms with van der Waals surface area (Å²) in [6.07, 6.45) is 4.65. The summed E-state index contributed by atoms with van der Waals surface area (Å²) in [7, 11) is 1.91. The first-order valence-electron chi connectivity index (χ1n) is 9.92. The van der Waals surface area contributed by atoms with Gasteiger partial charge in [0.1, 0.15) is 5.69 Å². The van der Waals surface area contributed by atoms with Gasteiger partial charge in [0, 0.05) is 37.1 Å². The van der Waals surface area contributed by atoms with E-state index < -0.39 is 0 Å². The van der Waals surface area contributed by atoms with E-state index in [4.69, 9.17) is 4.98 Å². The van der Waals surface area contributed by atoms with Gasteiger partial charge in [-0.15, -0.1) is 0 Å². The van der Waals surface area contributed by atoms with E-state index >= 15 is 0 Å². The third-order valence-electron chi connectivity index (χ3n) is 5.84. The second-order valence-corrected chi connectivity index (χ2v) is 7.58. The van der Waals surface area contributed by atoms with Gasteiger partial charge in [0.15, 0.2) is 0 Å². The van der Waals surface area contributed by atoms with Crippen LogP contribution in [0, 0.1) is 0 Å². The number of hydrogen-bond acceptors (Lipinski definition) is 2. The molecule has 0 bridgehead atoms. The molecule has 2 aromatic carbocycles. The van der Waals surface area contributed by atoms with E-state index in [1.54, 1.807) is 0 Å². The van der Waals surface area contributed by atoms with Gasteiger partial charge in [0.2, 0.25) is 0 Å². The SMILES string of the molecule is CN1CCCc2c(n(CCc3ccccc3)c3c2ccc2cccnc23)C1=O. The van der Waals surface area contributed by atoms with E-state index in [9.17, 15) is 4.79 Å². The van der Waals surface area contributed by atoms with Crippen molar-refractivity contribution in [2.45, 2.75) is 25.8 Å². The molecule has 4 heteroatoms. The Bertz CT molecular complexity index is 1180. The topological polar surface area (TPSA) is 38.1 Å². The zero-order chi connectivity index (χ0) is 19.1. The summed E-state index contributed by atoms with van der Waals surface area (Å²) in [6.45, 7) is 1.57. The molecule has 2 aromatic heterocycles. The normalized spacial score (nSPS) is 14.5. The largest absolute Gasteiger partial charge is 0.340 e. The smallest absolute Gasteiger partial charge is 0.270 e. The Morgan fingerprint density at radius 2 is 1.89 bits per heavy atom. The molecule has 4 nitrogen and oxygen atoms in total. The summed E-state index contributed by atoms with van der Waals surface area (Å²) in [4.78, 5) is 19.8. The number of fused-ring (bicyclic) bond motifs is 5. The minimum Gasteiger partial charge on any atom is -0.340 e. The van der Waals surface area contributed by atoms with E-state index in [0.29, 0.717) is 0 Å². The molecule has 3 heterocycles. The molecule has 0 aliphatic carbocycles. The van der Waals surface area contributed by atoms with E-state index in [1.807, 2.05) is 30.3 Å². The lowest BCUT2D eigenvalue weighted by molar-refractivity contribution is 0.0790. The highest BCUT2D eigenvalue weighted by molar-refractivity contribution is 6.10. The number of hydrogen-bond donors (Lipinski definition) is 0. The van der Waals surface area contributed by atoms with Crippen LogP contribution in [0.15, 0.2) is 60.8 Å². The Labute approximate surface area is 164 Å². The van der Waals surface area contributed by atoms with Gasteiger partial charge in [0.25, 0.3) is 5.91 Å². The van der Waals surface area contributed by atoms with Crippen LogP contribution in [0.25, 0.3) is 21.8 Å². The first-order chi connectivity index (χ1) is 13.7. The molecule has 0 fully saturated rings. The number of rotatable bonds is 3. The lowest BCUT2D eigenvalue weighted by atomic mass is 10.0. The van der Waals surface area contributed by atoms with Crippen LogP contribution in [0.5, 0.6) is 0 Å². The summed E-state index contributed by atoms with van der Waals surface area (Å²) in [5, 5.41) is 2.29. The highest BCUT2D eigenvalue weighted by atomic mass is 16.2. The summed E-state index contributed by atoms with van der Waals surface area (Å²) < 4.78 is 2.23. The van der Waals surface area contributed by atoms with Gasteiger partial charge in [0.05, 0.1) is 11.0 Å². The fraction of sp³-hybridized carbons (Fsp3) is 0.250. The van der Waals surface area contributed by atoms with Crippen LogP contribution in [-0.2, 0) is 19.4 Å². The van der Waals surface area contributed by atoms with Crippen LogP contribution >= 0.6 is 0 Å². The number of pyridine rings is 1. The van der Waals surface area contributed by atoms with Gasteiger partial charge in [-0.05, 0) is 36.5 Å². The average Bonchev–Trinajstić information content (AvgIpc) is 2.98. The maximum absolute atomic E-state index is 13.3. The molecule has 0 saturated carbocycles. The van der Waals surface area contributed by atoms with E-state index in [-0.39, 0.29) is 5.91 Å². The van der Waals surface area contributed by atoms with Gasteiger partial charge < -0.3 is 9.47 Å². The molecule has 5 rings (SSSR count). The third-order valence-corrected chi connectivity index (χ3v) is 5.84. The second kappa shape index (κ2) is 6.79. The van der Waals surface area contributed by atoms with E-state index in [1.165, 1.54) is 16.5 Å². The first kappa shape index (κ1) is 17.0. The molecule has 0 radical (unpaired) electrons. The van der Waals surface area contributed by atoms with Crippen molar-refractivity contribution in [3.63, 3.8) is 0 Å². The molecule has 0 saturated heterocycles. The average molecular weight is 369 g/mol. The molecule has 1 aliphatic heterocycles. The Balaban J connectivity index is 1.76. The first-order valence-corrected chi connectivity index (χ1v) is 9.92. The number of carbonyl (C=O) groups excluding carboxylic acids is 1. The molecule has 4 aromatic rings. The number of aromatic nitrogens is 2. The molecule has 0 atom stereocenters. The summed E-state index contributed by atoms with van der Waals surface area (Å²) in [5.74, 6) is 0.126. The van der Waals surface area contributed by atoms with Crippen molar-refractivity contribution in [2.24, 2.45) is 0 Å². The van der Waals surface area contributed by atoms with Crippen molar-refractivity contribution in [2.75, 3.05) is 13.6 Å². The van der Waals surface area contributed by atoms with Crippen LogP contribution in [0.2, 0.25) is 0 Å². The zero-order valence-electron chi connectivity index (χ0n) is 16.1.